The molecule has 0 bridgehead atoms. The molecular weight excluding hydrogens is 176 g/mol. The van der Waals surface area contributed by atoms with E-state index in [0.717, 1.165) is 0 Å². The molecule has 1 heterocycles. The topological polar surface area (TPSA) is 53.1 Å². The molecule has 1 aliphatic rings. The van der Waals surface area contributed by atoms with Crippen molar-refractivity contribution in [3.63, 3.8) is 0 Å². The van der Waals surface area contributed by atoms with Crippen LogP contribution in [0, 0.1) is 11.3 Å². The minimum atomic E-state index is -2.61. The highest BCUT2D eigenvalue weighted by Crippen LogP contribution is 2.27. The maximum Gasteiger partial charge on any atom is 0.261 e. The van der Waals surface area contributed by atoms with Crippen molar-refractivity contribution in [1.82, 2.24) is 4.90 Å². The summed E-state index contributed by atoms with van der Waals surface area (Å²) in [5, 5.41) is 8.60. The van der Waals surface area contributed by atoms with Crippen LogP contribution in [0.2, 0.25) is 0 Å². The molecule has 1 aliphatic heterocycles. The molecule has 0 spiro atoms. The minimum Gasteiger partial charge on any atom is -0.313 e. The van der Waals surface area contributed by atoms with Gasteiger partial charge in [-0.1, -0.05) is 0 Å². The zero-order valence-electron chi connectivity index (χ0n) is 7.56. The molecule has 0 aromatic carbocycles. The number of halogens is 2. The van der Waals surface area contributed by atoms with Crippen molar-refractivity contribution in [2.75, 3.05) is 19.6 Å². The van der Waals surface area contributed by atoms with Crippen LogP contribution in [0.25, 0.3) is 0 Å². The number of hydrogen-bond acceptors (Lipinski definition) is 3. The Kier molecular flexibility index (Phi) is 2.55. The van der Waals surface area contributed by atoms with Crippen molar-refractivity contribution in [1.29, 1.82) is 5.26 Å². The van der Waals surface area contributed by atoms with Gasteiger partial charge in [-0.15, -0.1) is 0 Å². The van der Waals surface area contributed by atoms with Crippen LogP contribution >= 0.6 is 0 Å². The molecule has 13 heavy (non-hydrogen) atoms. The number of nitriles is 1. The molecule has 74 valence electrons. The summed E-state index contributed by atoms with van der Waals surface area (Å²) in [7, 11) is 0. The van der Waals surface area contributed by atoms with Gasteiger partial charge in [0.05, 0.1) is 12.6 Å². The Bertz CT molecular complexity index is 232. The summed E-state index contributed by atoms with van der Waals surface area (Å²) < 4.78 is 25.4. The number of rotatable bonds is 2. The van der Waals surface area contributed by atoms with Gasteiger partial charge in [0.25, 0.3) is 5.92 Å². The highest BCUT2D eigenvalue weighted by Gasteiger charge is 2.39. The Morgan fingerprint density at radius 3 is 2.69 bits per heavy atom. The first-order valence-corrected chi connectivity index (χ1v) is 4.15. The van der Waals surface area contributed by atoms with Crippen LogP contribution in [0.1, 0.15) is 13.3 Å². The lowest BCUT2D eigenvalue weighted by Gasteiger charge is -2.23. The lowest BCUT2D eigenvalue weighted by atomic mass is 10.1. The van der Waals surface area contributed by atoms with Gasteiger partial charge in [-0.2, -0.15) is 5.26 Å². The SMILES string of the molecule is CC(N)(C#N)CN1CCC(F)(F)C1. The first kappa shape index (κ1) is 10.4. The van der Waals surface area contributed by atoms with Gasteiger partial charge in [-0.25, -0.2) is 8.78 Å². The van der Waals surface area contributed by atoms with Crippen molar-refractivity contribution in [2.45, 2.75) is 24.8 Å². The van der Waals surface area contributed by atoms with Crippen LogP contribution in [-0.2, 0) is 0 Å². The average Bonchev–Trinajstić information content (AvgIpc) is 2.29. The Hall–Kier alpha value is -0.730. The van der Waals surface area contributed by atoms with Crippen LogP contribution in [0.4, 0.5) is 8.78 Å². The molecule has 0 aliphatic carbocycles. The quantitative estimate of drug-likeness (QED) is 0.690. The summed E-state index contributed by atoms with van der Waals surface area (Å²) in [6, 6.07) is 1.89. The lowest BCUT2D eigenvalue weighted by molar-refractivity contribution is 0.0113. The number of nitrogens with two attached hydrogens (primary N) is 1. The van der Waals surface area contributed by atoms with Crippen LogP contribution < -0.4 is 5.73 Å². The van der Waals surface area contributed by atoms with E-state index in [1.54, 1.807) is 6.92 Å². The van der Waals surface area contributed by atoms with Gasteiger partial charge in [0.2, 0.25) is 0 Å². The number of nitrogens with zero attached hydrogens (tertiary/aromatic N) is 2. The Morgan fingerprint density at radius 1 is 1.69 bits per heavy atom. The van der Waals surface area contributed by atoms with Crippen molar-refractivity contribution in [2.24, 2.45) is 5.73 Å². The van der Waals surface area contributed by atoms with Crippen molar-refractivity contribution in [3.05, 3.63) is 0 Å². The second-order valence-electron chi connectivity index (χ2n) is 3.85. The van der Waals surface area contributed by atoms with Gasteiger partial charge in [-0.05, 0) is 6.92 Å². The van der Waals surface area contributed by atoms with Crippen molar-refractivity contribution < 1.29 is 8.78 Å². The molecular formula is C8H13F2N3. The molecule has 1 atom stereocenters. The van der Waals surface area contributed by atoms with Crippen molar-refractivity contribution in [3.8, 4) is 6.07 Å². The molecule has 1 saturated heterocycles. The smallest absolute Gasteiger partial charge is 0.261 e. The molecule has 1 fully saturated rings. The van der Waals surface area contributed by atoms with Crippen LogP contribution in [0.5, 0.6) is 0 Å². The molecule has 1 unspecified atom stereocenters. The van der Waals surface area contributed by atoms with Crippen molar-refractivity contribution >= 4 is 0 Å². The molecule has 0 aromatic rings. The molecule has 0 radical (unpaired) electrons. The van der Waals surface area contributed by atoms with Gasteiger partial charge in [-0.3, -0.25) is 4.90 Å². The fourth-order valence-corrected chi connectivity index (χ4v) is 1.44. The summed E-state index contributed by atoms with van der Waals surface area (Å²) in [5.41, 5.74) is 4.51. The summed E-state index contributed by atoms with van der Waals surface area (Å²) in [6.45, 7) is 1.80. The largest absolute Gasteiger partial charge is 0.313 e. The number of likely N-dealkylation sites (tertiary alicyclic amines) is 1. The summed E-state index contributed by atoms with van der Waals surface area (Å²) in [5.74, 6) is -2.61. The zero-order valence-corrected chi connectivity index (χ0v) is 7.56. The normalized spacial score (nSPS) is 26.7. The summed E-state index contributed by atoms with van der Waals surface area (Å²) in [4.78, 5) is 1.53. The maximum atomic E-state index is 12.7. The van der Waals surface area contributed by atoms with E-state index in [1.807, 2.05) is 6.07 Å². The third-order valence-electron chi connectivity index (χ3n) is 2.06. The van der Waals surface area contributed by atoms with E-state index in [2.05, 4.69) is 0 Å². The summed E-state index contributed by atoms with van der Waals surface area (Å²) >= 11 is 0. The predicted molar refractivity (Wildman–Crippen MR) is 44.2 cm³/mol. The molecule has 3 nitrogen and oxygen atoms in total. The van der Waals surface area contributed by atoms with Crippen LogP contribution in [0.3, 0.4) is 0 Å². The third kappa shape index (κ3) is 2.90. The van der Waals surface area contributed by atoms with Crippen LogP contribution in [-0.4, -0.2) is 36.0 Å². The van der Waals surface area contributed by atoms with Gasteiger partial charge in [0.1, 0.15) is 5.54 Å². The summed E-state index contributed by atoms with van der Waals surface area (Å²) in [6.07, 6.45) is -0.130. The van der Waals surface area contributed by atoms with Gasteiger partial charge < -0.3 is 5.73 Å². The fraction of sp³-hybridized carbons (Fsp3) is 0.875. The van der Waals surface area contributed by atoms with E-state index in [9.17, 15) is 8.78 Å². The Morgan fingerprint density at radius 2 is 2.31 bits per heavy atom. The molecule has 0 amide bonds. The zero-order chi connectivity index (χ0) is 10.1. The molecule has 5 heteroatoms. The lowest BCUT2D eigenvalue weighted by Crippen LogP contribution is -2.46. The fourth-order valence-electron chi connectivity index (χ4n) is 1.44. The molecule has 0 aromatic heterocycles. The second kappa shape index (κ2) is 3.20. The average molecular weight is 189 g/mol. The van der Waals surface area contributed by atoms with E-state index >= 15 is 0 Å². The third-order valence-corrected chi connectivity index (χ3v) is 2.06. The van der Waals surface area contributed by atoms with E-state index in [-0.39, 0.29) is 19.5 Å². The highest BCUT2D eigenvalue weighted by atomic mass is 19.3. The van der Waals surface area contributed by atoms with Gasteiger partial charge in [0.15, 0.2) is 0 Å². The first-order valence-electron chi connectivity index (χ1n) is 4.15. The van der Waals surface area contributed by atoms with Gasteiger partial charge in [0, 0.05) is 19.5 Å². The van der Waals surface area contributed by atoms with E-state index in [4.69, 9.17) is 11.0 Å². The Balaban J connectivity index is 2.46. The molecule has 1 rings (SSSR count). The second-order valence-corrected chi connectivity index (χ2v) is 3.85. The van der Waals surface area contributed by atoms with E-state index < -0.39 is 11.5 Å². The van der Waals surface area contributed by atoms with E-state index in [1.165, 1.54) is 4.90 Å². The minimum absolute atomic E-state index is 0.130. The number of alkyl halides is 2. The highest BCUT2D eigenvalue weighted by molar-refractivity contribution is 5.04. The Labute approximate surface area is 76.1 Å². The first-order chi connectivity index (χ1) is 5.85. The predicted octanol–water partition coefficient (Wildman–Crippen LogP) is 0.568. The molecule has 0 saturated carbocycles. The number of hydrogen-bond donors (Lipinski definition) is 1. The maximum absolute atomic E-state index is 12.7. The van der Waals surface area contributed by atoms with Crippen LogP contribution in [0.15, 0.2) is 0 Å². The standard InChI is InChI=1S/C8H13F2N3/c1-7(12,4-11)5-13-3-2-8(9,10)6-13/h2-3,5-6,12H2,1H3. The molecule has 2 N–H and O–H groups in total. The van der Waals surface area contributed by atoms with Gasteiger partial charge >= 0.3 is 0 Å². The van der Waals surface area contributed by atoms with E-state index in [0.29, 0.717) is 6.54 Å². The monoisotopic (exact) mass is 189 g/mol.